The van der Waals surface area contributed by atoms with Crippen LogP contribution in [-0.2, 0) is 37.4 Å². The fourth-order valence-electron chi connectivity index (χ4n) is 6.91. The molecule has 1 saturated heterocycles. The van der Waals surface area contributed by atoms with Gasteiger partial charge < -0.3 is 15.5 Å². The lowest BCUT2D eigenvalue weighted by Crippen LogP contribution is -2.56. The number of amides is 3. The Morgan fingerprint density at radius 3 is 2.45 bits per heavy atom. The first-order chi connectivity index (χ1) is 20.1. The number of hydrogen-bond acceptors (Lipinski definition) is 5. The van der Waals surface area contributed by atoms with E-state index in [0.29, 0.717) is 24.3 Å². The summed E-state index contributed by atoms with van der Waals surface area (Å²) >= 11 is 0. The quantitative estimate of drug-likeness (QED) is 0.419. The van der Waals surface area contributed by atoms with Crippen LogP contribution in [0.5, 0.6) is 0 Å². The van der Waals surface area contributed by atoms with Crippen molar-refractivity contribution in [1.29, 1.82) is 0 Å². The molecule has 216 valence electrons. The lowest BCUT2D eigenvalue weighted by Gasteiger charge is -2.44. The minimum absolute atomic E-state index is 0.105. The number of piperidine rings is 1. The molecule has 1 aromatic heterocycles. The van der Waals surface area contributed by atoms with Gasteiger partial charge in [0.05, 0.1) is 11.5 Å². The highest BCUT2D eigenvalue weighted by Gasteiger charge is 2.52. The van der Waals surface area contributed by atoms with Crippen LogP contribution in [0.4, 0.5) is 20.3 Å². The first kappa shape index (κ1) is 27.7. The summed E-state index contributed by atoms with van der Waals surface area (Å²) in [5.74, 6) is -2.54. The highest BCUT2D eigenvalue weighted by atomic mass is 19.1. The van der Waals surface area contributed by atoms with E-state index < -0.39 is 46.9 Å². The van der Waals surface area contributed by atoms with Crippen LogP contribution in [0, 0.1) is 17.0 Å². The van der Waals surface area contributed by atoms with E-state index in [9.17, 15) is 28.0 Å². The van der Waals surface area contributed by atoms with Gasteiger partial charge in [0.1, 0.15) is 29.4 Å². The molecular formula is C32H30F2N4O4. The summed E-state index contributed by atoms with van der Waals surface area (Å²) in [6.07, 6.45) is 2.95. The van der Waals surface area contributed by atoms with E-state index in [2.05, 4.69) is 15.6 Å². The van der Waals surface area contributed by atoms with Crippen molar-refractivity contribution in [1.82, 2.24) is 9.88 Å². The molecule has 3 aliphatic rings. The molecule has 2 atom stereocenters. The van der Waals surface area contributed by atoms with Gasteiger partial charge in [-0.15, -0.1) is 0 Å². The highest BCUT2D eigenvalue weighted by molar-refractivity contribution is 6.10. The normalized spacial score (nSPS) is 22.2. The van der Waals surface area contributed by atoms with Gasteiger partial charge in [0.25, 0.3) is 0 Å². The number of carbonyl (C=O) groups excluding carboxylic acids is 4. The number of aromatic nitrogens is 1. The third-order valence-electron chi connectivity index (χ3n) is 9.21. The molecule has 2 N–H and O–H groups in total. The third-order valence-corrected chi connectivity index (χ3v) is 9.21. The number of Topliss-reactive ketones (excluding diaryl/α,β-unsaturated/α-hetero) is 1. The predicted molar refractivity (Wildman–Crippen MR) is 150 cm³/mol. The van der Waals surface area contributed by atoms with Crippen molar-refractivity contribution in [2.75, 3.05) is 17.2 Å². The SMILES string of the molecule is CCC1(CC)C(=O)C[C@@H](c2cc(F)cc(F)c2)N(CC(=O)Nc2ccc3c(c2)C[C@@]2(C3)C(=O)Nc3ncccc32)C1=O. The van der Waals surface area contributed by atoms with Gasteiger partial charge in [-0.1, -0.05) is 26.0 Å². The van der Waals surface area contributed by atoms with E-state index in [1.165, 1.54) is 4.90 Å². The third kappa shape index (κ3) is 4.28. The minimum atomic E-state index is -1.29. The molecule has 1 spiro atoms. The molecule has 0 unspecified atom stereocenters. The molecular weight excluding hydrogens is 542 g/mol. The molecule has 0 bridgehead atoms. The van der Waals surface area contributed by atoms with Gasteiger partial charge in [-0.25, -0.2) is 13.8 Å². The van der Waals surface area contributed by atoms with Crippen LogP contribution in [0.3, 0.4) is 0 Å². The van der Waals surface area contributed by atoms with Crippen molar-refractivity contribution in [2.24, 2.45) is 5.41 Å². The summed E-state index contributed by atoms with van der Waals surface area (Å²) in [6, 6.07) is 11.1. The molecule has 0 radical (unpaired) electrons. The summed E-state index contributed by atoms with van der Waals surface area (Å²) in [6.45, 7) is 3.09. The number of halogens is 2. The molecule has 42 heavy (non-hydrogen) atoms. The molecule has 10 heteroatoms. The number of nitrogens with zero attached hydrogens (tertiary/aromatic N) is 2. The maximum atomic E-state index is 14.1. The molecule has 1 fully saturated rings. The Balaban J connectivity index is 1.25. The van der Waals surface area contributed by atoms with E-state index in [-0.39, 0.29) is 36.5 Å². The monoisotopic (exact) mass is 572 g/mol. The van der Waals surface area contributed by atoms with Crippen molar-refractivity contribution in [3.8, 4) is 0 Å². The fraction of sp³-hybridized carbons (Fsp3) is 0.344. The Labute approximate surface area is 241 Å². The number of benzene rings is 2. The summed E-state index contributed by atoms with van der Waals surface area (Å²) < 4.78 is 28.3. The van der Waals surface area contributed by atoms with Crippen LogP contribution >= 0.6 is 0 Å². The van der Waals surface area contributed by atoms with Crippen molar-refractivity contribution in [3.63, 3.8) is 0 Å². The van der Waals surface area contributed by atoms with Crippen molar-refractivity contribution < 1.29 is 28.0 Å². The maximum absolute atomic E-state index is 14.1. The number of hydrogen-bond donors (Lipinski definition) is 2. The standard InChI is InChI=1S/C32H30F2N4O4/c1-3-31(4-2)26(39)14-25(19-10-21(33)13-22(34)11-19)38(30(31)42)17-27(40)36-23-8-7-18-15-32(16-20(18)12-23)24-6-5-9-35-28(24)37-29(32)41/h5-13,25H,3-4,14-17H2,1-2H3,(H,36,40)(H,35,37,41)/t25-,32+/m0/s1. The molecule has 3 heterocycles. The van der Waals surface area contributed by atoms with E-state index in [1.54, 1.807) is 26.1 Å². The zero-order chi connectivity index (χ0) is 29.8. The second-order valence-corrected chi connectivity index (χ2v) is 11.4. The largest absolute Gasteiger partial charge is 0.325 e. The number of likely N-dealkylation sites (tertiary alicyclic amines) is 1. The van der Waals surface area contributed by atoms with Crippen LogP contribution in [-0.4, -0.2) is 39.9 Å². The van der Waals surface area contributed by atoms with Crippen molar-refractivity contribution in [3.05, 3.63) is 88.6 Å². The Morgan fingerprint density at radius 2 is 1.74 bits per heavy atom. The van der Waals surface area contributed by atoms with E-state index in [0.717, 1.165) is 34.9 Å². The summed E-state index contributed by atoms with van der Waals surface area (Å²) in [4.78, 5) is 58.9. The average Bonchev–Trinajstić information content (AvgIpc) is 3.47. The first-order valence-corrected chi connectivity index (χ1v) is 14.1. The van der Waals surface area contributed by atoms with Crippen LogP contribution in [0.25, 0.3) is 0 Å². The second kappa shape index (κ2) is 10.1. The van der Waals surface area contributed by atoms with E-state index in [1.807, 2.05) is 24.3 Å². The van der Waals surface area contributed by atoms with Gasteiger partial charge >= 0.3 is 0 Å². The molecule has 2 aliphatic heterocycles. The summed E-state index contributed by atoms with van der Waals surface area (Å²) in [5, 5.41) is 5.72. The van der Waals surface area contributed by atoms with Crippen LogP contribution < -0.4 is 10.6 Å². The lowest BCUT2D eigenvalue weighted by molar-refractivity contribution is -0.160. The Hall–Kier alpha value is -4.47. The van der Waals surface area contributed by atoms with Gasteiger partial charge in [0.2, 0.25) is 17.7 Å². The smallest absolute Gasteiger partial charge is 0.244 e. The second-order valence-electron chi connectivity index (χ2n) is 11.4. The molecule has 3 aromatic rings. The Morgan fingerprint density at radius 1 is 1.02 bits per heavy atom. The maximum Gasteiger partial charge on any atom is 0.244 e. The molecule has 8 nitrogen and oxygen atoms in total. The number of fused-ring (bicyclic) bond motifs is 3. The van der Waals surface area contributed by atoms with Crippen LogP contribution in [0.2, 0.25) is 0 Å². The van der Waals surface area contributed by atoms with E-state index >= 15 is 0 Å². The lowest BCUT2D eigenvalue weighted by atomic mass is 9.71. The molecule has 2 aromatic carbocycles. The van der Waals surface area contributed by atoms with E-state index in [4.69, 9.17) is 0 Å². The van der Waals surface area contributed by atoms with Crippen LogP contribution in [0.1, 0.15) is 61.4 Å². The topological polar surface area (TPSA) is 108 Å². The zero-order valence-electron chi connectivity index (χ0n) is 23.3. The number of ketones is 1. The van der Waals surface area contributed by atoms with Gasteiger partial charge in [-0.2, -0.15) is 0 Å². The predicted octanol–water partition coefficient (Wildman–Crippen LogP) is 4.64. The number of rotatable bonds is 6. The first-order valence-electron chi connectivity index (χ1n) is 14.1. The number of carbonyl (C=O) groups is 4. The summed E-state index contributed by atoms with van der Waals surface area (Å²) in [5.41, 5.74) is 1.33. The van der Waals surface area contributed by atoms with Gasteiger partial charge in [-0.05, 0) is 72.7 Å². The van der Waals surface area contributed by atoms with Gasteiger partial charge in [0, 0.05) is 29.9 Å². The number of pyridine rings is 1. The molecule has 0 saturated carbocycles. The van der Waals surface area contributed by atoms with Crippen LogP contribution in [0.15, 0.2) is 54.7 Å². The van der Waals surface area contributed by atoms with Gasteiger partial charge in [0.15, 0.2) is 5.78 Å². The minimum Gasteiger partial charge on any atom is -0.325 e. The summed E-state index contributed by atoms with van der Waals surface area (Å²) in [7, 11) is 0. The number of nitrogens with one attached hydrogen (secondary N) is 2. The van der Waals surface area contributed by atoms with Gasteiger partial charge in [-0.3, -0.25) is 19.2 Å². The Kier molecular flexibility index (Phi) is 6.67. The highest BCUT2D eigenvalue weighted by Crippen LogP contribution is 2.47. The zero-order valence-corrected chi connectivity index (χ0v) is 23.3. The number of anilines is 2. The average molecular weight is 573 g/mol. The molecule has 1 aliphatic carbocycles. The molecule has 3 amide bonds. The Bertz CT molecular complexity index is 1630. The van der Waals surface area contributed by atoms with Crippen molar-refractivity contribution >= 4 is 35.0 Å². The van der Waals surface area contributed by atoms with Crippen molar-refractivity contribution in [2.45, 2.75) is 57.4 Å². The molecule has 6 rings (SSSR count). The fourth-order valence-corrected chi connectivity index (χ4v) is 6.91.